The molecule has 2 amide bonds. The van der Waals surface area contributed by atoms with Crippen LogP contribution in [0.5, 0.6) is 0 Å². The topological polar surface area (TPSA) is 89.4 Å². The number of carbonyl (C=O) groups is 2. The Balaban J connectivity index is 2.16. The highest BCUT2D eigenvalue weighted by Crippen LogP contribution is 2.33. The van der Waals surface area contributed by atoms with E-state index in [0.29, 0.717) is 18.2 Å². The van der Waals surface area contributed by atoms with Crippen LogP contribution in [-0.2, 0) is 16.1 Å². The van der Waals surface area contributed by atoms with Crippen molar-refractivity contribution in [2.24, 2.45) is 17.6 Å². The van der Waals surface area contributed by atoms with Crippen LogP contribution in [0.4, 0.5) is 5.69 Å². The summed E-state index contributed by atoms with van der Waals surface area (Å²) >= 11 is 0. The van der Waals surface area contributed by atoms with Gasteiger partial charge in [-0.1, -0.05) is 31.5 Å². The number of nitrogens with two attached hydrogens (primary N) is 2. The molecule has 0 saturated heterocycles. The molecule has 1 aliphatic carbocycles. The number of rotatable bonds is 5. The van der Waals surface area contributed by atoms with E-state index in [1.165, 1.54) is 0 Å². The van der Waals surface area contributed by atoms with Crippen LogP contribution in [0, 0.1) is 11.8 Å². The van der Waals surface area contributed by atoms with Crippen molar-refractivity contribution in [1.82, 2.24) is 4.90 Å². The van der Waals surface area contributed by atoms with Crippen LogP contribution >= 0.6 is 0 Å². The van der Waals surface area contributed by atoms with Gasteiger partial charge in [-0.25, -0.2) is 0 Å². The van der Waals surface area contributed by atoms with Crippen LogP contribution < -0.4 is 11.5 Å². The number of benzene rings is 1. The summed E-state index contributed by atoms with van der Waals surface area (Å²) in [6.07, 6.45) is 3.02. The Hall–Kier alpha value is -2.04. The number of para-hydroxylation sites is 1. The van der Waals surface area contributed by atoms with Crippen molar-refractivity contribution in [2.75, 3.05) is 12.3 Å². The number of nitrogens with zero attached hydrogens (tertiary/aromatic N) is 1. The molecule has 1 aromatic rings. The molecule has 114 valence electrons. The standard InChI is InChI=1S/C16H23N3O2/c1-11-5-4-7-13(11)16(21)19(10-15(18)20)9-12-6-2-3-8-14(12)17/h2-3,6,8,11,13H,4-5,7,9-10,17H2,1H3,(H2,18,20). The Morgan fingerprint density at radius 1 is 1.29 bits per heavy atom. The van der Waals surface area contributed by atoms with Gasteiger partial charge in [0.2, 0.25) is 11.8 Å². The van der Waals surface area contributed by atoms with E-state index in [1.54, 1.807) is 11.0 Å². The summed E-state index contributed by atoms with van der Waals surface area (Å²) in [5.74, 6) is -0.124. The molecule has 2 unspecified atom stereocenters. The summed E-state index contributed by atoms with van der Waals surface area (Å²) in [7, 11) is 0. The molecule has 0 spiro atoms. The van der Waals surface area contributed by atoms with Crippen LogP contribution in [-0.4, -0.2) is 23.3 Å². The average Bonchev–Trinajstić information content (AvgIpc) is 2.85. The lowest BCUT2D eigenvalue weighted by atomic mass is 9.96. The quantitative estimate of drug-likeness (QED) is 0.805. The summed E-state index contributed by atoms with van der Waals surface area (Å²) < 4.78 is 0. The average molecular weight is 289 g/mol. The molecule has 1 aromatic carbocycles. The van der Waals surface area contributed by atoms with Crippen molar-refractivity contribution in [2.45, 2.75) is 32.7 Å². The first-order valence-corrected chi connectivity index (χ1v) is 7.39. The van der Waals surface area contributed by atoms with Gasteiger partial charge in [0.1, 0.15) is 0 Å². The molecule has 0 radical (unpaired) electrons. The molecule has 1 fully saturated rings. The van der Waals surface area contributed by atoms with Gasteiger partial charge in [0.25, 0.3) is 0 Å². The van der Waals surface area contributed by atoms with Crippen LogP contribution in [0.2, 0.25) is 0 Å². The Kier molecular flexibility index (Phi) is 4.83. The van der Waals surface area contributed by atoms with Gasteiger partial charge >= 0.3 is 0 Å². The van der Waals surface area contributed by atoms with Gasteiger partial charge < -0.3 is 16.4 Å². The molecule has 21 heavy (non-hydrogen) atoms. The highest BCUT2D eigenvalue weighted by atomic mass is 16.2. The second-order valence-corrected chi connectivity index (χ2v) is 5.87. The lowest BCUT2D eigenvalue weighted by molar-refractivity contribution is -0.140. The zero-order valence-corrected chi connectivity index (χ0v) is 12.4. The summed E-state index contributed by atoms with van der Waals surface area (Å²) in [6.45, 7) is 2.36. The fourth-order valence-corrected chi connectivity index (χ4v) is 3.03. The monoisotopic (exact) mass is 289 g/mol. The smallest absolute Gasteiger partial charge is 0.237 e. The van der Waals surface area contributed by atoms with Gasteiger partial charge in [-0.3, -0.25) is 9.59 Å². The first-order valence-electron chi connectivity index (χ1n) is 7.39. The van der Waals surface area contributed by atoms with Gasteiger partial charge in [0, 0.05) is 18.2 Å². The van der Waals surface area contributed by atoms with Crippen LogP contribution in [0.15, 0.2) is 24.3 Å². The molecule has 4 N–H and O–H groups in total. The number of nitrogen functional groups attached to an aromatic ring is 1. The van der Waals surface area contributed by atoms with E-state index >= 15 is 0 Å². The molecule has 2 atom stereocenters. The lowest BCUT2D eigenvalue weighted by Crippen LogP contribution is -2.42. The molecule has 0 aromatic heterocycles. The van der Waals surface area contributed by atoms with Crippen molar-refractivity contribution >= 4 is 17.5 Å². The number of anilines is 1. The number of amides is 2. The minimum Gasteiger partial charge on any atom is -0.398 e. The predicted molar refractivity (Wildman–Crippen MR) is 82.0 cm³/mol. The molecule has 0 aliphatic heterocycles. The van der Waals surface area contributed by atoms with Gasteiger partial charge in [-0.05, 0) is 30.4 Å². The van der Waals surface area contributed by atoms with E-state index in [-0.39, 0.29) is 18.4 Å². The molecular weight excluding hydrogens is 266 g/mol. The van der Waals surface area contributed by atoms with Crippen molar-refractivity contribution < 1.29 is 9.59 Å². The minimum atomic E-state index is -0.497. The Morgan fingerprint density at radius 2 is 2.00 bits per heavy atom. The normalized spacial score (nSPS) is 21.2. The predicted octanol–water partition coefficient (Wildman–Crippen LogP) is 1.52. The first-order chi connectivity index (χ1) is 9.99. The molecule has 2 rings (SSSR count). The second-order valence-electron chi connectivity index (χ2n) is 5.87. The summed E-state index contributed by atoms with van der Waals surface area (Å²) in [4.78, 5) is 25.5. The van der Waals surface area contributed by atoms with Gasteiger partial charge in [-0.2, -0.15) is 0 Å². The molecule has 0 bridgehead atoms. The highest BCUT2D eigenvalue weighted by Gasteiger charge is 2.33. The molecule has 1 saturated carbocycles. The summed E-state index contributed by atoms with van der Waals surface area (Å²) in [5.41, 5.74) is 12.7. The van der Waals surface area contributed by atoms with Gasteiger partial charge in [0.15, 0.2) is 0 Å². The first kappa shape index (κ1) is 15.4. The third-order valence-corrected chi connectivity index (χ3v) is 4.25. The molecule has 1 aliphatic rings. The maximum absolute atomic E-state index is 12.7. The molecular formula is C16H23N3O2. The molecule has 0 heterocycles. The van der Waals surface area contributed by atoms with E-state index < -0.39 is 5.91 Å². The fourth-order valence-electron chi connectivity index (χ4n) is 3.03. The SMILES string of the molecule is CC1CCCC1C(=O)N(CC(N)=O)Cc1ccccc1N. The number of primary amides is 1. The third-order valence-electron chi connectivity index (χ3n) is 4.25. The van der Waals surface area contributed by atoms with Gasteiger partial charge in [-0.15, -0.1) is 0 Å². The Morgan fingerprint density at radius 3 is 2.57 bits per heavy atom. The molecule has 5 heteroatoms. The van der Waals surface area contributed by atoms with E-state index in [9.17, 15) is 9.59 Å². The number of hydrogen-bond donors (Lipinski definition) is 2. The summed E-state index contributed by atoms with van der Waals surface area (Å²) in [6, 6.07) is 7.38. The van der Waals surface area contributed by atoms with E-state index in [2.05, 4.69) is 6.92 Å². The lowest BCUT2D eigenvalue weighted by Gasteiger charge is -2.27. The number of hydrogen-bond acceptors (Lipinski definition) is 3. The molecule has 5 nitrogen and oxygen atoms in total. The van der Waals surface area contributed by atoms with Crippen molar-refractivity contribution in [3.05, 3.63) is 29.8 Å². The van der Waals surface area contributed by atoms with Crippen LogP contribution in [0.3, 0.4) is 0 Å². The Bertz CT molecular complexity index is 530. The van der Waals surface area contributed by atoms with Crippen LogP contribution in [0.25, 0.3) is 0 Å². The maximum atomic E-state index is 12.7. The number of carbonyl (C=O) groups excluding carboxylic acids is 2. The maximum Gasteiger partial charge on any atom is 0.237 e. The largest absolute Gasteiger partial charge is 0.398 e. The van der Waals surface area contributed by atoms with Crippen molar-refractivity contribution in [3.8, 4) is 0 Å². The second kappa shape index (κ2) is 6.61. The van der Waals surface area contributed by atoms with Crippen molar-refractivity contribution in [3.63, 3.8) is 0 Å². The Labute approximate surface area is 125 Å². The zero-order valence-electron chi connectivity index (χ0n) is 12.4. The zero-order chi connectivity index (χ0) is 15.4. The van der Waals surface area contributed by atoms with E-state index in [0.717, 1.165) is 24.8 Å². The van der Waals surface area contributed by atoms with E-state index in [1.807, 2.05) is 18.2 Å². The minimum absolute atomic E-state index is 0.00529. The highest BCUT2D eigenvalue weighted by molar-refractivity contribution is 5.85. The fraction of sp³-hybridized carbons (Fsp3) is 0.500. The third kappa shape index (κ3) is 3.74. The van der Waals surface area contributed by atoms with Crippen molar-refractivity contribution in [1.29, 1.82) is 0 Å². The van der Waals surface area contributed by atoms with E-state index in [4.69, 9.17) is 11.5 Å². The van der Waals surface area contributed by atoms with Gasteiger partial charge in [0.05, 0.1) is 6.54 Å². The van der Waals surface area contributed by atoms with Crippen LogP contribution in [0.1, 0.15) is 31.7 Å². The summed E-state index contributed by atoms with van der Waals surface area (Å²) in [5, 5.41) is 0.